The summed E-state index contributed by atoms with van der Waals surface area (Å²) in [6, 6.07) is 22.0. The van der Waals surface area contributed by atoms with Crippen LogP contribution in [0.1, 0.15) is 16.1 Å². The number of amides is 1. The third kappa shape index (κ3) is 6.42. The van der Waals surface area contributed by atoms with E-state index in [1.807, 2.05) is 48.5 Å². The highest BCUT2D eigenvalue weighted by Crippen LogP contribution is 2.14. The number of nitrogens with one attached hydrogen (secondary N) is 1. The molecule has 0 aliphatic rings. The molecule has 8 heteroatoms. The zero-order valence-corrected chi connectivity index (χ0v) is 15.2. The van der Waals surface area contributed by atoms with Crippen LogP contribution < -0.4 is 15.4 Å². The number of halogens is 1. The molecule has 1 aromatic heterocycles. The summed E-state index contributed by atoms with van der Waals surface area (Å²) < 4.78 is 5.66. The minimum atomic E-state index is -0.575. The summed E-state index contributed by atoms with van der Waals surface area (Å²) in [5, 5.41) is 2.77. The fourth-order valence-electron chi connectivity index (χ4n) is 2.25. The van der Waals surface area contributed by atoms with Crippen molar-refractivity contribution >= 4 is 29.1 Å². The fourth-order valence-corrected chi connectivity index (χ4v) is 2.49. The predicted molar refractivity (Wildman–Crippen MR) is 107 cm³/mol. The topological polar surface area (TPSA) is 114 Å². The Balaban J connectivity index is 0.00000182. The van der Waals surface area contributed by atoms with E-state index in [1.165, 1.54) is 0 Å². The first-order valence-electron chi connectivity index (χ1n) is 7.85. The van der Waals surface area contributed by atoms with Gasteiger partial charge in [-0.15, -0.1) is 0 Å². The van der Waals surface area contributed by atoms with Gasteiger partial charge in [-0.3, -0.25) is 9.78 Å². The van der Waals surface area contributed by atoms with Gasteiger partial charge in [0.1, 0.15) is 12.4 Å². The second kappa shape index (κ2) is 11.0. The van der Waals surface area contributed by atoms with Gasteiger partial charge >= 0.3 is 6.26 Å². The van der Waals surface area contributed by atoms with Crippen molar-refractivity contribution in [2.75, 3.05) is 0 Å². The van der Waals surface area contributed by atoms with E-state index in [9.17, 15) is 4.79 Å². The molecule has 27 heavy (non-hydrogen) atoms. The molecule has 0 spiro atoms. The summed E-state index contributed by atoms with van der Waals surface area (Å²) in [7, 11) is 0. The van der Waals surface area contributed by atoms with Crippen LogP contribution in [0.15, 0.2) is 79.0 Å². The summed E-state index contributed by atoms with van der Waals surface area (Å²) >= 11 is 6.24. The molecule has 0 aliphatic heterocycles. The van der Waals surface area contributed by atoms with Gasteiger partial charge in [0.2, 0.25) is 5.91 Å². The number of carbonyl (C=O) groups is 1. The molecule has 3 rings (SSSR count). The molecule has 0 unspecified atom stereocenters. The second-order valence-electron chi connectivity index (χ2n) is 5.38. The monoisotopic (exact) mass is 386 g/mol. The smallest absolute Gasteiger partial charge is 0.395 e. The molecule has 2 aromatic carbocycles. The lowest BCUT2D eigenvalue weighted by atomic mass is 9.81. The van der Waals surface area contributed by atoms with E-state index >= 15 is 0 Å². The Kier molecular flexibility index (Phi) is 9.02. The van der Waals surface area contributed by atoms with E-state index in [0.717, 1.165) is 11.2 Å². The van der Waals surface area contributed by atoms with Gasteiger partial charge in [-0.2, -0.15) is 11.5 Å². The van der Waals surface area contributed by atoms with Crippen LogP contribution in [0.5, 0.6) is 5.75 Å². The van der Waals surface area contributed by atoms with Crippen molar-refractivity contribution in [2.24, 2.45) is 0 Å². The van der Waals surface area contributed by atoms with Gasteiger partial charge in [-0.1, -0.05) is 36.4 Å². The first kappa shape index (κ1) is 22.2. The third-order valence-corrected chi connectivity index (χ3v) is 3.94. The summed E-state index contributed by atoms with van der Waals surface area (Å²) in [6.45, 7) is 0.379. The molecular weight excluding hydrogens is 366 g/mol. The first-order chi connectivity index (χ1) is 12.2. The van der Waals surface area contributed by atoms with Crippen molar-refractivity contribution in [2.45, 2.75) is 6.61 Å². The molecule has 0 saturated heterocycles. The van der Waals surface area contributed by atoms with Crippen LogP contribution in [-0.4, -0.2) is 28.1 Å². The second-order valence-corrected chi connectivity index (χ2v) is 5.82. The maximum Gasteiger partial charge on any atom is 0.395 e. The Labute approximate surface area is 162 Å². The Hall–Kier alpha value is -2.87. The lowest BCUT2D eigenvalue weighted by molar-refractivity contribution is 0.0980. The molecule has 0 radical (unpaired) electrons. The van der Waals surface area contributed by atoms with Crippen molar-refractivity contribution in [1.82, 2.24) is 10.2 Å². The number of pyridine rings is 1. The Bertz CT molecular complexity index is 820. The highest BCUT2D eigenvalue weighted by atomic mass is 35.5. The van der Waals surface area contributed by atoms with E-state index in [-0.39, 0.29) is 16.9 Å². The average molecular weight is 387 g/mol. The summed E-state index contributed by atoms with van der Waals surface area (Å²) in [6.07, 6.45) is 1.15. The number of hydrogen-bond acceptors (Lipinski definition) is 3. The van der Waals surface area contributed by atoms with E-state index < -0.39 is 6.26 Å². The summed E-state index contributed by atoms with van der Waals surface area (Å²) in [4.78, 5) is 16.5. The molecule has 0 atom stereocenters. The molecule has 0 aliphatic carbocycles. The SMILES string of the molecule is O.O.O=C(NB(Cl)c1ccccc1)c1ccc(OCc2ccccn2)cc1. The number of benzene rings is 2. The van der Waals surface area contributed by atoms with Gasteiger partial charge in [0.25, 0.3) is 0 Å². The zero-order valence-electron chi connectivity index (χ0n) is 14.4. The van der Waals surface area contributed by atoms with Crippen LogP contribution in [0.4, 0.5) is 0 Å². The normalized spacial score (nSPS) is 9.37. The number of rotatable bonds is 6. The molecule has 0 fully saturated rings. The van der Waals surface area contributed by atoms with Crippen molar-refractivity contribution in [3.8, 4) is 5.75 Å². The minimum Gasteiger partial charge on any atom is -0.487 e. The van der Waals surface area contributed by atoms with Crippen molar-refractivity contribution < 1.29 is 20.5 Å². The van der Waals surface area contributed by atoms with E-state index in [1.54, 1.807) is 30.5 Å². The van der Waals surface area contributed by atoms with Gasteiger partial charge < -0.3 is 20.9 Å². The Morgan fingerprint density at radius 2 is 1.63 bits per heavy atom. The van der Waals surface area contributed by atoms with Gasteiger partial charge in [0, 0.05) is 11.8 Å². The van der Waals surface area contributed by atoms with Gasteiger partial charge in [-0.05, 0) is 41.9 Å². The number of ether oxygens (including phenoxy) is 1. The van der Waals surface area contributed by atoms with Gasteiger partial charge in [0.05, 0.1) is 5.69 Å². The Morgan fingerprint density at radius 3 is 2.26 bits per heavy atom. The fraction of sp³-hybridized carbons (Fsp3) is 0.0526. The molecule has 1 heterocycles. The quantitative estimate of drug-likeness (QED) is 0.645. The number of aromatic nitrogens is 1. The van der Waals surface area contributed by atoms with Gasteiger partial charge in [-0.25, -0.2) is 0 Å². The molecule has 3 aromatic rings. The average Bonchev–Trinajstić information content (AvgIpc) is 2.68. The molecule has 1 amide bonds. The summed E-state index contributed by atoms with van der Waals surface area (Å²) in [5.41, 5.74) is 2.21. The van der Waals surface area contributed by atoms with E-state index in [4.69, 9.17) is 16.2 Å². The van der Waals surface area contributed by atoms with Crippen molar-refractivity contribution in [1.29, 1.82) is 0 Å². The maximum absolute atomic E-state index is 12.3. The molecule has 5 N–H and O–H groups in total. The third-order valence-electron chi connectivity index (χ3n) is 3.58. The highest BCUT2D eigenvalue weighted by Gasteiger charge is 2.17. The standard InChI is InChI=1S/C19H16BClN2O2.2H2O/c21-20(16-6-2-1-3-7-16)23-19(24)15-9-11-18(12-10-15)25-14-17-8-4-5-13-22-17;;/h1-13H,14H2,(H,23,24);2*1H2. The Morgan fingerprint density at radius 1 is 0.963 bits per heavy atom. The number of nitrogens with zero attached hydrogens (tertiary/aromatic N) is 1. The van der Waals surface area contributed by atoms with Crippen LogP contribution in [0, 0.1) is 0 Å². The zero-order chi connectivity index (χ0) is 17.5. The molecule has 0 saturated carbocycles. The van der Waals surface area contributed by atoms with Crippen LogP contribution >= 0.6 is 11.5 Å². The lowest BCUT2D eigenvalue weighted by Crippen LogP contribution is -2.43. The van der Waals surface area contributed by atoms with Crippen molar-refractivity contribution in [3.05, 3.63) is 90.3 Å². The highest BCUT2D eigenvalue weighted by molar-refractivity contribution is 7.13. The first-order valence-corrected chi connectivity index (χ1v) is 8.29. The largest absolute Gasteiger partial charge is 0.487 e. The van der Waals surface area contributed by atoms with Crippen LogP contribution in [0.25, 0.3) is 0 Å². The molecule has 0 bridgehead atoms. The maximum atomic E-state index is 12.3. The van der Waals surface area contributed by atoms with Crippen molar-refractivity contribution in [3.63, 3.8) is 0 Å². The molecular formula is C19H20BClN2O4. The summed E-state index contributed by atoms with van der Waals surface area (Å²) in [5.74, 6) is 0.438. The minimum absolute atomic E-state index is 0. The predicted octanol–water partition coefficient (Wildman–Crippen LogP) is 1.38. The van der Waals surface area contributed by atoms with E-state index in [0.29, 0.717) is 17.9 Å². The van der Waals surface area contributed by atoms with Crippen LogP contribution in [-0.2, 0) is 6.61 Å². The number of carbonyl (C=O) groups excluding carboxylic acids is 1. The number of hydrogen-bond donors (Lipinski definition) is 1. The van der Waals surface area contributed by atoms with E-state index in [2.05, 4.69) is 10.2 Å². The van der Waals surface area contributed by atoms with Crippen LogP contribution in [0.3, 0.4) is 0 Å². The van der Waals surface area contributed by atoms with Gasteiger partial charge in [0.15, 0.2) is 0 Å². The molecule has 140 valence electrons. The lowest BCUT2D eigenvalue weighted by Gasteiger charge is -2.10. The molecule has 6 nitrogen and oxygen atoms in total. The van der Waals surface area contributed by atoms with Crippen LogP contribution in [0.2, 0.25) is 0 Å².